The van der Waals surface area contributed by atoms with Crippen LogP contribution in [-0.4, -0.2) is 34.7 Å². The van der Waals surface area contributed by atoms with Gasteiger partial charge >= 0.3 is 0 Å². The SMILES string of the molecule is Cc1cc(S(=O)(=O)Nc2ccc(N3CCOCC3)cc2)c(C)cc1Cl. The fourth-order valence-electron chi connectivity index (χ4n) is 2.82. The highest BCUT2D eigenvalue weighted by Gasteiger charge is 2.19. The first-order valence-corrected chi connectivity index (χ1v) is 9.95. The van der Waals surface area contributed by atoms with Gasteiger partial charge < -0.3 is 9.64 Å². The van der Waals surface area contributed by atoms with Gasteiger partial charge in [0.1, 0.15) is 0 Å². The van der Waals surface area contributed by atoms with Gasteiger partial charge in [0.05, 0.1) is 18.1 Å². The second-order valence-electron chi connectivity index (χ2n) is 6.12. The summed E-state index contributed by atoms with van der Waals surface area (Å²) in [5.74, 6) is 0. The molecule has 0 radical (unpaired) electrons. The number of hydrogen-bond donors (Lipinski definition) is 1. The molecule has 0 bridgehead atoms. The molecule has 0 saturated carbocycles. The zero-order valence-corrected chi connectivity index (χ0v) is 15.8. The molecule has 0 unspecified atom stereocenters. The Labute approximate surface area is 153 Å². The summed E-state index contributed by atoms with van der Waals surface area (Å²) in [6.45, 7) is 6.63. The fraction of sp³-hybridized carbons (Fsp3) is 0.333. The molecule has 2 aromatic carbocycles. The van der Waals surface area contributed by atoms with Crippen molar-refractivity contribution in [2.75, 3.05) is 35.9 Å². The van der Waals surface area contributed by atoms with Gasteiger partial charge in [-0.1, -0.05) is 11.6 Å². The highest BCUT2D eigenvalue weighted by molar-refractivity contribution is 7.92. The largest absolute Gasteiger partial charge is 0.378 e. The highest BCUT2D eigenvalue weighted by atomic mass is 35.5. The number of nitrogens with zero attached hydrogens (tertiary/aromatic N) is 1. The molecule has 1 heterocycles. The third-order valence-corrected chi connectivity index (χ3v) is 6.17. The van der Waals surface area contributed by atoms with Crippen molar-refractivity contribution in [1.82, 2.24) is 0 Å². The van der Waals surface area contributed by atoms with Gasteiger partial charge in [-0.05, 0) is 61.4 Å². The van der Waals surface area contributed by atoms with E-state index < -0.39 is 10.0 Å². The van der Waals surface area contributed by atoms with Gasteiger partial charge in [0.25, 0.3) is 10.0 Å². The summed E-state index contributed by atoms with van der Waals surface area (Å²) in [5, 5.41) is 0.561. The van der Waals surface area contributed by atoms with E-state index in [1.54, 1.807) is 38.1 Å². The van der Waals surface area contributed by atoms with Crippen LogP contribution in [0.1, 0.15) is 11.1 Å². The molecule has 0 amide bonds. The van der Waals surface area contributed by atoms with E-state index in [4.69, 9.17) is 16.3 Å². The van der Waals surface area contributed by atoms with Crippen molar-refractivity contribution in [3.8, 4) is 0 Å². The quantitative estimate of drug-likeness (QED) is 0.880. The van der Waals surface area contributed by atoms with Crippen LogP contribution in [0.4, 0.5) is 11.4 Å². The Morgan fingerprint density at radius 2 is 1.68 bits per heavy atom. The van der Waals surface area contributed by atoms with Crippen molar-refractivity contribution in [2.24, 2.45) is 0 Å². The first-order valence-electron chi connectivity index (χ1n) is 8.09. The molecule has 1 aliphatic heterocycles. The Balaban J connectivity index is 1.80. The molecule has 1 saturated heterocycles. The van der Waals surface area contributed by atoms with Crippen LogP contribution in [0.25, 0.3) is 0 Å². The molecule has 25 heavy (non-hydrogen) atoms. The highest BCUT2D eigenvalue weighted by Crippen LogP contribution is 2.26. The molecule has 1 N–H and O–H groups in total. The van der Waals surface area contributed by atoms with E-state index in [1.165, 1.54) is 0 Å². The summed E-state index contributed by atoms with van der Waals surface area (Å²) in [7, 11) is -3.66. The van der Waals surface area contributed by atoms with Crippen molar-refractivity contribution < 1.29 is 13.2 Å². The van der Waals surface area contributed by atoms with Crippen molar-refractivity contribution in [2.45, 2.75) is 18.7 Å². The lowest BCUT2D eigenvalue weighted by molar-refractivity contribution is 0.122. The topological polar surface area (TPSA) is 58.6 Å². The number of morpholine rings is 1. The van der Waals surface area contributed by atoms with E-state index >= 15 is 0 Å². The number of hydrogen-bond acceptors (Lipinski definition) is 4. The number of halogens is 1. The first-order chi connectivity index (χ1) is 11.9. The number of anilines is 2. The van der Waals surface area contributed by atoms with E-state index in [9.17, 15) is 8.42 Å². The van der Waals surface area contributed by atoms with Crippen LogP contribution in [0.2, 0.25) is 5.02 Å². The van der Waals surface area contributed by atoms with Gasteiger partial charge in [-0.25, -0.2) is 8.42 Å². The van der Waals surface area contributed by atoms with Gasteiger partial charge in [0.15, 0.2) is 0 Å². The van der Waals surface area contributed by atoms with Crippen LogP contribution in [0.5, 0.6) is 0 Å². The predicted molar refractivity (Wildman–Crippen MR) is 101 cm³/mol. The maximum atomic E-state index is 12.7. The Morgan fingerprint density at radius 1 is 1.04 bits per heavy atom. The molecule has 134 valence electrons. The first kappa shape index (κ1) is 18.0. The lowest BCUT2D eigenvalue weighted by atomic mass is 10.2. The van der Waals surface area contributed by atoms with Crippen LogP contribution in [0, 0.1) is 13.8 Å². The average molecular weight is 381 g/mol. The molecule has 1 aliphatic rings. The molecule has 7 heteroatoms. The summed E-state index contributed by atoms with van der Waals surface area (Å²) < 4.78 is 33.4. The average Bonchev–Trinajstić information content (AvgIpc) is 2.59. The lowest BCUT2D eigenvalue weighted by Gasteiger charge is -2.28. The number of aryl methyl sites for hydroxylation is 2. The third-order valence-electron chi connectivity index (χ3n) is 4.24. The van der Waals surface area contributed by atoms with Crippen LogP contribution < -0.4 is 9.62 Å². The second kappa shape index (κ2) is 7.23. The monoisotopic (exact) mass is 380 g/mol. The van der Waals surface area contributed by atoms with E-state index in [2.05, 4.69) is 9.62 Å². The summed E-state index contributed by atoms with van der Waals surface area (Å²) in [5.41, 5.74) is 2.94. The Kier molecular flexibility index (Phi) is 5.22. The minimum atomic E-state index is -3.66. The minimum Gasteiger partial charge on any atom is -0.378 e. The fourth-order valence-corrected chi connectivity index (χ4v) is 4.41. The Hall–Kier alpha value is -1.76. The maximum absolute atomic E-state index is 12.7. The van der Waals surface area contributed by atoms with E-state index in [0.717, 1.165) is 24.3 Å². The second-order valence-corrected chi connectivity index (χ2v) is 8.18. The lowest BCUT2D eigenvalue weighted by Crippen LogP contribution is -2.36. The van der Waals surface area contributed by atoms with Gasteiger partial charge in [-0.15, -0.1) is 0 Å². The number of nitrogens with one attached hydrogen (secondary N) is 1. The van der Waals surface area contributed by atoms with Gasteiger partial charge in [-0.2, -0.15) is 0 Å². The van der Waals surface area contributed by atoms with E-state index in [1.807, 2.05) is 12.1 Å². The Bertz CT molecular complexity index is 861. The van der Waals surface area contributed by atoms with Crippen LogP contribution >= 0.6 is 11.6 Å². The molecule has 0 atom stereocenters. The number of rotatable bonds is 4. The molecule has 2 aromatic rings. The van der Waals surface area contributed by atoms with E-state index in [0.29, 0.717) is 29.5 Å². The van der Waals surface area contributed by atoms with Crippen LogP contribution in [0.3, 0.4) is 0 Å². The molecule has 1 fully saturated rings. The smallest absolute Gasteiger partial charge is 0.262 e. The zero-order chi connectivity index (χ0) is 18.0. The zero-order valence-electron chi connectivity index (χ0n) is 14.3. The summed E-state index contributed by atoms with van der Waals surface area (Å²) >= 11 is 6.06. The summed E-state index contributed by atoms with van der Waals surface area (Å²) in [6.07, 6.45) is 0. The molecular weight excluding hydrogens is 360 g/mol. The van der Waals surface area contributed by atoms with Crippen molar-refractivity contribution in [3.05, 3.63) is 52.5 Å². The molecule has 0 aliphatic carbocycles. The summed E-state index contributed by atoms with van der Waals surface area (Å²) in [6, 6.07) is 10.7. The minimum absolute atomic E-state index is 0.242. The van der Waals surface area contributed by atoms with Gasteiger partial charge in [0, 0.05) is 29.5 Å². The molecule has 0 spiro atoms. The van der Waals surface area contributed by atoms with Crippen LogP contribution in [0.15, 0.2) is 41.3 Å². The third kappa shape index (κ3) is 4.08. The maximum Gasteiger partial charge on any atom is 0.262 e. The van der Waals surface area contributed by atoms with Gasteiger partial charge in [0.2, 0.25) is 0 Å². The molecule has 5 nitrogen and oxygen atoms in total. The van der Waals surface area contributed by atoms with Crippen molar-refractivity contribution in [1.29, 1.82) is 0 Å². The number of benzene rings is 2. The molecule has 0 aromatic heterocycles. The number of sulfonamides is 1. The van der Waals surface area contributed by atoms with Crippen LogP contribution in [-0.2, 0) is 14.8 Å². The summed E-state index contributed by atoms with van der Waals surface area (Å²) in [4.78, 5) is 2.46. The predicted octanol–water partition coefficient (Wildman–Crippen LogP) is 3.59. The standard InChI is InChI=1S/C18H21ClN2O3S/c1-13-12-18(14(2)11-17(13)19)25(22,23)20-15-3-5-16(6-4-15)21-7-9-24-10-8-21/h3-6,11-12,20H,7-10H2,1-2H3. The molecule has 3 rings (SSSR count). The Morgan fingerprint density at radius 3 is 2.32 bits per heavy atom. The normalized spacial score (nSPS) is 15.2. The van der Waals surface area contributed by atoms with Crippen molar-refractivity contribution >= 4 is 33.0 Å². The van der Waals surface area contributed by atoms with Crippen molar-refractivity contribution in [3.63, 3.8) is 0 Å². The van der Waals surface area contributed by atoms with Gasteiger partial charge in [-0.3, -0.25) is 4.72 Å². The molecular formula is C18H21ClN2O3S. The van der Waals surface area contributed by atoms with E-state index in [-0.39, 0.29) is 4.90 Å². The number of ether oxygens (including phenoxy) is 1.